The zero-order chi connectivity index (χ0) is 15.7. The fourth-order valence-corrected chi connectivity index (χ4v) is 3.10. The van der Waals surface area contributed by atoms with Gasteiger partial charge in [0.05, 0.1) is 0 Å². The molecule has 112 valence electrons. The van der Waals surface area contributed by atoms with Crippen LogP contribution in [-0.4, -0.2) is 14.6 Å². The molecule has 0 atom stereocenters. The molecular formula is C15H12F2N4S. The van der Waals surface area contributed by atoms with E-state index >= 15 is 0 Å². The van der Waals surface area contributed by atoms with E-state index < -0.39 is 11.6 Å². The van der Waals surface area contributed by atoms with Crippen molar-refractivity contribution in [1.29, 1.82) is 5.26 Å². The van der Waals surface area contributed by atoms with Crippen LogP contribution in [0.15, 0.2) is 18.2 Å². The van der Waals surface area contributed by atoms with Gasteiger partial charge in [0.1, 0.15) is 16.8 Å². The third kappa shape index (κ3) is 2.46. The summed E-state index contributed by atoms with van der Waals surface area (Å²) in [4.78, 5) is 4.95. The van der Waals surface area contributed by atoms with Crippen LogP contribution in [0.2, 0.25) is 0 Å². The Morgan fingerprint density at radius 1 is 1.32 bits per heavy atom. The molecule has 0 saturated heterocycles. The average molecular weight is 318 g/mol. The van der Waals surface area contributed by atoms with Crippen LogP contribution < -0.4 is 0 Å². The molecule has 0 bridgehead atoms. The largest absolute Gasteiger partial charge is 0.216 e. The van der Waals surface area contributed by atoms with Gasteiger partial charge in [-0.1, -0.05) is 24.7 Å². The van der Waals surface area contributed by atoms with E-state index in [2.05, 4.69) is 17.0 Å². The van der Waals surface area contributed by atoms with Crippen LogP contribution in [0.25, 0.3) is 16.2 Å². The molecule has 22 heavy (non-hydrogen) atoms. The van der Waals surface area contributed by atoms with Gasteiger partial charge in [0.15, 0.2) is 17.3 Å². The van der Waals surface area contributed by atoms with Crippen molar-refractivity contribution in [3.63, 3.8) is 0 Å². The summed E-state index contributed by atoms with van der Waals surface area (Å²) in [6.45, 7) is 2.10. The highest BCUT2D eigenvalue weighted by molar-refractivity contribution is 7.16. The molecule has 4 nitrogen and oxygen atoms in total. The summed E-state index contributed by atoms with van der Waals surface area (Å²) < 4.78 is 27.9. The lowest BCUT2D eigenvalue weighted by Crippen LogP contribution is -1.93. The molecule has 2 heterocycles. The molecule has 0 saturated carbocycles. The quantitative estimate of drug-likeness (QED) is 0.732. The van der Waals surface area contributed by atoms with Gasteiger partial charge in [-0.05, 0) is 24.6 Å². The number of aryl methyl sites for hydroxylation is 1. The van der Waals surface area contributed by atoms with Gasteiger partial charge >= 0.3 is 0 Å². The maximum Gasteiger partial charge on any atom is 0.214 e. The molecule has 0 aliphatic rings. The monoisotopic (exact) mass is 318 g/mol. The van der Waals surface area contributed by atoms with Crippen LogP contribution in [0, 0.1) is 23.0 Å². The van der Waals surface area contributed by atoms with Crippen molar-refractivity contribution in [3.05, 3.63) is 40.5 Å². The number of hydrogen-bond donors (Lipinski definition) is 0. The number of imidazole rings is 1. The first-order valence-corrected chi connectivity index (χ1v) is 7.69. The molecule has 2 aromatic heterocycles. The summed E-state index contributed by atoms with van der Waals surface area (Å²) in [5.74, 6) is -1.89. The van der Waals surface area contributed by atoms with Gasteiger partial charge in [0.2, 0.25) is 4.96 Å². The first kappa shape index (κ1) is 14.6. The zero-order valence-corrected chi connectivity index (χ0v) is 12.6. The van der Waals surface area contributed by atoms with Crippen molar-refractivity contribution in [2.45, 2.75) is 26.2 Å². The molecule has 3 rings (SSSR count). The number of aromatic nitrogens is 3. The minimum Gasteiger partial charge on any atom is -0.216 e. The number of hydrogen-bond acceptors (Lipinski definition) is 4. The summed E-state index contributed by atoms with van der Waals surface area (Å²) in [6, 6.07) is 5.52. The van der Waals surface area contributed by atoms with Crippen LogP contribution in [0.1, 0.15) is 30.5 Å². The smallest absolute Gasteiger partial charge is 0.214 e. The van der Waals surface area contributed by atoms with E-state index in [0.717, 1.165) is 36.4 Å². The second kappa shape index (κ2) is 5.81. The molecule has 0 fully saturated rings. The number of fused-ring (bicyclic) bond motifs is 1. The average Bonchev–Trinajstić information content (AvgIpc) is 3.04. The summed E-state index contributed by atoms with van der Waals surface area (Å²) in [5.41, 5.74) is 0.922. The van der Waals surface area contributed by atoms with Gasteiger partial charge in [-0.25, -0.2) is 13.8 Å². The molecule has 0 radical (unpaired) electrons. The fourth-order valence-electron chi connectivity index (χ4n) is 2.16. The number of unbranched alkanes of at least 4 members (excludes halogenated alkanes) is 1. The van der Waals surface area contributed by atoms with E-state index in [9.17, 15) is 14.0 Å². The van der Waals surface area contributed by atoms with Gasteiger partial charge in [-0.3, -0.25) is 0 Å². The molecule has 0 spiro atoms. The van der Waals surface area contributed by atoms with Crippen molar-refractivity contribution in [2.24, 2.45) is 0 Å². The van der Waals surface area contributed by atoms with E-state index in [0.29, 0.717) is 16.2 Å². The topological polar surface area (TPSA) is 54.0 Å². The van der Waals surface area contributed by atoms with Gasteiger partial charge in [0, 0.05) is 12.0 Å². The summed E-state index contributed by atoms with van der Waals surface area (Å²) >= 11 is 1.41. The lowest BCUT2D eigenvalue weighted by molar-refractivity contribution is 0.509. The van der Waals surface area contributed by atoms with E-state index in [-0.39, 0.29) is 5.69 Å². The molecule has 3 aromatic rings. The summed E-state index contributed by atoms with van der Waals surface area (Å²) in [5, 5.41) is 14.7. The Morgan fingerprint density at radius 3 is 2.82 bits per heavy atom. The SMILES string of the molecule is CCCCc1nn2c(C#N)c(-c3ccc(F)c(F)c3)nc2s1. The van der Waals surface area contributed by atoms with Gasteiger partial charge in [0.25, 0.3) is 0 Å². The van der Waals surface area contributed by atoms with Gasteiger partial charge in [-0.2, -0.15) is 14.9 Å². The minimum absolute atomic E-state index is 0.236. The lowest BCUT2D eigenvalue weighted by Gasteiger charge is -1.99. The standard InChI is InChI=1S/C15H12F2N4S/c1-2-3-4-13-20-21-12(8-18)14(19-15(21)22-13)9-5-6-10(16)11(17)7-9/h5-7H,2-4H2,1H3. The Kier molecular flexibility index (Phi) is 3.86. The molecule has 7 heteroatoms. The Hall–Kier alpha value is -2.33. The minimum atomic E-state index is -0.964. The number of rotatable bonds is 4. The molecule has 0 aliphatic heterocycles. The van der Waals surface area contributed by atoms with Crippen molar-refractivity contribution < 1.29 is 8.78 Å². The van der Waals surface area contributed by atoms with Gasteiger partial charge in [-0.15, -0.1) is 0 Å². The molecular weight excluding hydrogens is 306 g/mol. The third-order valence-electron chi connectivity index (χ3n) is 3.29. The number of nitrogens with zero attached hydrogens (tertiary/aromatic N) is 4. The summed E-state index contributed by atoms with van der Waals surface area (Å²) in [6.07, 6.45) is 2.93. The lowest BCUT2D eigenvalue weighted by atomic mass is 10.1. The van der Waals surface area contributed by atoms with E-state index in [1.807, 2.05) is 6.07 Å². The van der Waals surface area contributed by atoms with Crippen LogP contribution in [0.3, 0.4) is 0 Å². The van der Waals surface area contributed by atoms with E-state index in [4.69, 9.17) is 0 Å². The van der Waals surface area contributed by atoms with E-state index in [1.54, 1.807) is 0 Å². The molecule has 1 aromatic carbocycles. The maximum absolute atomic E-state index is 13.4. The van der Waals surface area contributed by atoms with Crippen molar-refractivity contribution in [2.75, 3.05) is 0 Å². The van der Waals surface area contributed by atoms with Crippen molar-refractivity contribution >= 4 is 16.3 Å². The first-order valence-electron chi connectivity index (χ1n) is 6.88. The van der Waals surface area contributed by atoms with Crippen LogP contribution in [-0.2, 0) is 6.42 Å². The fraction of sp³-hybridized carbons (Fsp3) is 0.267. The van der Waals surface area contributed by atoms with Crippen molar-refractivity contribution in [3.8, 4) is 17.3 Å². The van der Waals surface area contributed by atoms with E-state index in [1.165, 1.54) is 21.9 Å². The molecule has 0 N–H and O–H groups in total. The second-order valence-electron chi connectivity index (χ2n) is 4.84. The Morgan fingerprint density at radius 2 is 2.14 bits per heavy atom. The van der Waals surface area contributed by atoms with Crippen LogP contribution in [0.4, 0.5) is 8.78 Å². The number of benzene rings is 1. The third-order valence-corrected chi connectivity index (χ3v) is 4.26. The number of halogens is 2. The Labute approximate surface area is 129 Å². The Bertz CT molecular complexity index is 876. The first-order chi connectivity index (χ1) is 10.6. The second-order valence-corrected chi connectivity index (χ2v) is 5.88. The predicted molar refractivity (Wildman–Crippen MR) is 79.5 cm³/mol. The Balaban J connectivity index is 2.08. The molecule has 0 aliphatic carbocycles. The predicted octanol–water partition coefficient (Wildman–Crippen LogP) is 3.95. The highest BCUT2D eigenvalue weighted by Gasteiger charge is 2.18. The zero-order valence-electron chi connectivity index (χ0n) is 11.8. The molecule has 0 amide bonds. The highest BCUT2D eigenvalue weighted by Crippen LogP contribution is 2.28. The maximum atomic E-state index is 13.4. The number of nitriles is 1. The van der Waals surface area contributed by atoms with Gasteiger partial charge < -0.3 is 0 Å². The summed E-state index contributed by atoms with van der Waals surface area (Å²) in [7, 11) is 0. The van der Waals surface area contributed by atoms with Crippen LogP contribution >= 0.6 is 11.3 Å². The highest BCUT2D eigenvalue weighted by atomic mass is 32.1. The molecule has 0 unspecified atom stereocenters. The normalized spacial score (nSPS) is 11.0. The van der Waals surface area contributed by atoms with Crippen molar-refractivity contribution in [1.82, 2.24) is 14.6 Å². The van der Waals surface area contributed by atoms with Crippen LogP contribution in [0.5, 0.6) is 0 Å².